The van der Waals surface area contributed by atoms with Crippen LogP contribution in [0.1, 0.15) is 0 Å². The molecule has 0 saturated carbocycles. The van der Waals surface area contributed by atoms with E-state index >= 15 is 0 Å². The van der Waals surface area contributed by atoms with Gasteiger partial charge >= 0.3 is 115 Å². The molecule has 0 unspecified atom stereocenters. The first-order chi connectivity index (χ1) is 8.86. The summed E-state index contributed by atoms with van der Waals surface area (Å²) in [6.45, 7) is 2.03. The zero-order valence-corrected chi connectivity index (χ0v) is 11.7. The van der Waals surface area contributed by atoms with Crippen molar-refractivity contribution in [3.05, 3.63) is 60.7 Å². The fourth-order valence-corrected chi connectivity index (χ4v) is 3.06. The van der Waals surface area contributed by atoms with Crippen LogP contribution in [0.2, 0.25) is 0 Å². The summed E-state index contributed by atoms with van der Waals surface area (Å²) in [5, 5.41) is 0. The van der Waals surface area contributed by atoms with Crippen LogP contribution in [0.4, 0.5) is 11.4 Å². The van der Waals surface area contributed by atoms with Gasteiger partial charge in [0.15, 0.2) is 0 Å². The summed E-state index contributed by atoms with van der Waals surface area (Å²) in [5.74, 6) is 0. The molecule has 0 atom stereocenters. The summed E-state index contributed by atoms with van der Waals surface area (Å²) in [6.07, 6.45) is 0. The minimum absolute atomic E-state index is 1.02. The Morgan fingerprint density at radius 1 is 0.667 bits per heavy atom. The average molecular weight is 301 g/mol. The van der Waals surface area contributed by atoms with E-state index in [1.807, 2.05) is 12.1 Å². The van der Waals surface area contributed by atoms with E-state index in [-0.39, 0.29) is 0 Å². The first kappa shape index (κ1) is 11.5. The summed E-state index contributed by atoms with van der Waals surface area (Å²) in [4.78, 5) is 4.62. The van der Waals surface area contributed by atoms with Crippen molar-refractivity contribution < 1.29 is 0 Å². The normalized spacial score (nSPS) is 15.2. The average Bonchev–Trinajstić information content (AvgIpc) is 2.83. The molecule has 3 rings (SSSR count). The second kappa shape index (κ2) is 4.97. The fraction of sp³-hybridized carbons (Fsp3) is 0.133. The maximum atomic E-state index is 3.20. The number of hydrogen-bond donors (Lipinski definition) is 0. The third kappa shape index (κ3) is 2.07. The van der Waals surface area contributed by atoms with Crippen LogP contribution in [0, 0.1) is 0 Å². The van der Waals surface area contributed by atoms with Gasteiger partial charge in [0.25, 0.3) is 0 Å². The molecule has 1 heterocycles. The zero-order chi connectivity index (χ0) is 12.4. The van der Waals surface area contributed by atoms with Crippen LogP contribution < -0.4 is 9.80 Å². The van der Waals surface area contributed by atoms with Gasteiger partial charge in [-0.25, -0.2) is 0 Å². The van der Waals surface area contributed by atoms with Crippen molar-refractivity contribution in [3.63, 3.8) is 0 Å². The van der Waals surface area contributed by atoms with E-state index in [0.717, 1.165) is 13.1 Å². The first-order valence-electron chi connectivity index (χ1n) is 6.05. The van der Waals surface area contributed by atoms with E-state index in [0.29, 0.717) is 0 Å². The Kier molecular flexibility index (Phi) is 3.18. The van der Waals surface area contributed by atoms with Gasteiger partial charge in [-0.2, -0.15) is 0 Å². The topological polar surface area (TPSA) is 6.48 Å². The quantitative estimate of drug-likeness (QED) is 0.785. The molecule has 18 heavy (non-hydrogen) atoms. The summed E-state index contributed by atoms with van der Waals surface area (Å²) >= 11 is 3.20. The second-order valence-electron chi connectivity index (χ2n) is 4.26. The molecule has 1 aliphatic heterocycles. The van der Waals surface area contributed by atoms with Gasteiger partial charge in [-0.15, -0.1) is 0 Å². The minimum atomic E-state index is 1.02. The number of anilines is 2. The Morgan fingerprint density at radius 3 is 1.44 bits per heavy atom. The summed E-state index contributed by atoms with van der Waals surface area (Å²) < 4.78 is 1.17. The van der Waals surface area contributed by atoms with E-state index in [9.17, 15) is 0 Å². The second-order valence-corrected chi connectivity index (χ2v) is 5.02. The van der Waals surface area contributed by atoms with Crippen LogP contribution >= 0.6 is 0 Å². The number of para-hydroxylation sites is 2. The van der Waals surface area contributed by atoms with Crippen molar-refractivity contribution in [1.82, 2.24) is 0 Å². The molecule has 3 heteroatoms. The molecule has 0 spiro atoms. The van der Waals surface area contributed by atoms with Crippen molar-refractivity contribution in [3.8, 4) is 0 Å². The Hall–Kier alpha value is -1.57. The van der Waals surface area contributed by atoms with Crippen molar-refractivity contribution in [2.75, 3.05) is 22.9 Å². The predicted octanol–water partition coefficient (Wildman–Crippen LogP) is 2.27. The third-order valence-corrected chi connectivity index (χ3v) is 4.07. The fourth-order valence-electron chi connectivity index (χ4n) is 2.23. The Bertz CT molecular complexity index is 489. The molecule has 1 saturated heterocycles. The van der Waals surface area contributed by atoms with E-state index in [2.05, 4.69) is 73.9 Å². The molecule has 90 valence electrons. The number of rotatable bonds is 2. The Labute approximate surface area is 115 Å². The van der Waals surface area contributed by atoms with Crippen LogP contribution in [0.25, 0.3) is 0 Å². The molecule has 0 bridgehead atoms. The van der Waals surface area contributed by atoms with Gasteiger partial charge in [0.05, 0.1) is 0 Å². The monoisotopic (exact) mass is 302 g/mol. The first-order valence-corrected chi connectivity index (χ1v) is 6.91. The van der Waals surface area contributed by atoms with E-state index in [1.165, 1.54) is 16.0 Å². The molecule has 1 fully saturated rings. The third-order valence-electron chi connectivity index (χ3n) is 3.14. The number of nitrogens with zero attached hydrogens (tertiary/aromatic N) is 2. The van der Waals surface area contributed by atoms with E-state index < -0.39 is 0 Å². The van der Waals surface area contributed by atoms with Crippen LogP contribution in [-0.4, -0.2) is 33.3 Å². The van der Waals surface area contributed by atoms with Crippen molar-refractivity contribution >= 4 is 31.6 Å². The standard InChI is InChI=1S/C15H14N2Se/c18-15-16(13-7-3-1-4-8-13)11-12-17(15)14-9-5-2-6-10-14/h1-10H,11-12H2. The molecular formula is C15H14N2Se. The van der Waals surface area contributed by atoms with Gasteiger partial charge in [0.2, 0.25) is 0 Å². The molecule has 2 nitrogen and oxygen atoms in total. The molecule has 1 aliphatic rings. The zero-order valence-electron chi connectivity index (χ0n) is 9.99. The van der Waals surface area contributed by atoms with E-state index in [1.54, 1.807) is 0 Å². The molecule has 0 amide bonds. The molecule has 2 aromatic carbocycles. The Balaban J connectivity index is 1.86. The summed E-state index contributed by atoms with van der Waals surface area (Å²) in [6, 6.07) is 21.0. The molecule has 0 aromatic heterocycles. The summed E-state index contributed by atoms with van der Waals surface area (Å²) in [5.41, 5.74) is 2.48. The van der Waals surface area contributed by atoms with Crippen LogP contribution in [0.15, 0.2) is 60.7 Å². The van der Waals surface area contributed by atoms with Crippen molar-refractivity contribution in [2.24, 2.45) is 0 Å². The summed E-state index contributed by atoms with van der Waals surface area (Å²) in [7, 11) is 0. The molecule has 2 aromatic rings. The molecule has 0 aliphatic carbocycles. The molecule has 0 N–H and O–H groups in total. The number of benzene rings is 2. The number of hydrogen-bond acceptors (Lipinski definition) is 2. The van der Waals surface area contributed by atoms with Gasteiger partial charge in [-0.3, -0.25) is 0 Å². The van der Waals surface area contributed by atoms with Crippen molar-refractivity contribution in [2.45, 2.75) is 0 Å². The SMILES string of the molecule is [Se]=C1N(c2ccccc2)CCN1c1ccccc1. The molecular weight excluding hydrogens is 287 g/mol. The van der Waals surface area contributed by atoms with Gasteiger partial charge < -0.3 is 0 Å². The molecule has 0 radical (unpaired) electrons. The van der Waals surface area contributed by atoms with E-state index in [4.69, 9.17) is 0 Å². The van der Waals surface area contributed by atoms with Crippen LogP contribution in [-0.2, 0) is 0 Å². The van der Waals surface area contributed by atoms with Crippen LogP contribution in [0.3, 0.4) is 0 Å². The Morgan fingerprint density at radius 2 is 1.06 bits per heavy atom. The van der Waals surface area contributed by atoms with Gasteiger partial charge in [0.1, 0.15) is 0 Å². The van der Waals surface area contributed by atoms with Gasteiger partial charge in [-0.05, 0) is 0 Å². The van der Waals surface area contributed by atoms with Gasteiger partial charge in [0, 0.05) is 0 Å². The van der Waals surface area contributed by atoms with Crippen molar-refractivity contribution in [1.29, 1.82) is 0 Å². The van der Waals surface area contributed by atoms with Crippen LogP contribution in [0.5, 0.6) is 0 Å². The van der Waals surface area contributed by atoms with Gasteiger partial charge in [-0.1, -0.05) is 0 Å². The maximum absolute atomic E-state index is 3.20. The predicted molar refractivity (Wildman–Crippen MR) is 78.3 cm³/mol.